The molecule has 130 valence electrons. The number of quaternary nitrogens is 1. The van der Waals surface area contributed by atoms with Crippen LogP contribution in [0.5, 0.6) is 5.75 Å². The van der Waals surface area contributed by atoms with Crippen molar-refractivity contribution in [3.8, 4) is 16.9 Å². The van der Waals surface area contributed by atoms with Crippen LogP contribution in [0.3, 0.4) is 0 Å². The minimum atomic E-state index is -0.469. The van der Waals surface area contributed by atoms with Gasteiger partial charge >= 0.3 is 5.63 Å². The van der Waals surface area contributed by atoms with Crippen LogP contribution in [-0.2, 0) is 6.54 Å². The van der Waals surface area contributed by atoms with E-state index in [9.17, 15) is 9.90 Å². The smallest absolute Gasteiger partial charge is 0.336 e. The molecule has 1 aromatic heterocycles. The number of fused-ring (bicyclic) bond motifs is 1. The van der Waals surface area contributed by atoms with Gasteiger partial charge < -0.3 is 14.4 Å². The fourth-order valence-corrected chi connectivity index (χ4v) is 3.30. The first-order chi connectivity index (χ1) is 12.0. The van der Waals surface area contributed by atoms with Crippen LogP contribution in [0.15, 0.2) is 51.7 Å². The number of benzene rings is 2. The summed E-state index contributed by atoms with van der Waals surface area (Å²) in [5, 5.41) is 13.4. The molecule has 0 saturated heterocycles. The number of halogens is 1. The summed E-state index contributed by atoms with van der Waals surface area (Å²) in [6, 6.07) is 12.6. The quantitative estimate of drug-likeness (QED) is 0.714. The summed E-state index contributed by atoms with van der Waals surface area (Å²) in [4.78, 5) is 13.4. The maximum atomic E-state index is 12.6. The van der Waals surface area contributed by atoms with E-state index in [0.717, 1.165) is 24.2 Å². The molecule has 1 N–H and O–H groups in total. The minimum absolute atomic E-state index is 0.153. The van der Waals surface area contributed by atoms with Crippen LogP contribution in [-0.4, -0.2) is 13.1 Å². The Hall–Kier alpha value is -2.30. The highest BCUT2D eigenvalue weighted by atomic mass is 35.5. The summed E-state index contributed by atoms with van der Waals surface area (Å²) in [7, 11) is 0. The van der Waals surface area contributed by atoms with Gasteiger partial charge in [-0.05, 0) is 31.0 Å². The maximum absolute atomic E-state index is 12.6. The average molecular weight is 358 g/mol. The van der Waals surface area contributed by atoms with E-state index in [-0.39, 0.29) is 10.8 Å². The van der Waals surface area contributed by atoms with E-state index in [0.29, 0.717) is 23.1 Å². The lowest BCUT2D eigenvalue weighted by Crippen LogP contribution is -3.10. The Kier molecular flexibility index (Phi) is 5.11. The molecule has 0 radical (unpaired) electrons. The summed E-state index contributed by atoms with van der Waals surface area (Å²) >= 11 is 6.22. The molecule has 0 aliphatic carbocycles. The molecule has 0 saturated carbocycles. The zero-order valence-corrected chi connectivity index (χ0v) is 15.0. The predicted octanol–water partition coefficient (Wildman–Crippen LogP) is 2.61. The van der Waals surface area contributed by atoms with Crippen LogP contribution in [0.1, 0.15) is 19.4 Å². The molecule has 4 nitrogen and oxygen atoms in total. The van der Waals surface area contributed by atoms with Crippen LogP contribution in [0.4, 0.5) is 0 Å². The van der Waals surface area contributed by atoms with E-state index in [2.05, 4.69) is 13.8 Å². The third-order valence-corrected chi connectivity index (χ3v) is 4.83. The van der Waals surface area contributed by atoms with Gasteiger partial charge in [0.05, 0.1) is 13.1 Å². The van der Waals surface area contributed by atoms with E-state index in [1.807, 2.05) is 30.3 Å². The number of nitrogens with one attached hydrogen (secondary N) is 1. The lowest BCUT2D eigenvalue weighted by atomic mass is 9.99. The van der Waals surface area contributed by atoms with E-state index in [1.165, 1.54) is 11.0 Å². The fraction of sp³-hybridized carbons (Fsp3) is 0.250. The highest BCUT2D eigenvalue weighted by Gasteiger charge is 2.17. The van der Waals surface area contributed by atoms with Crippen LogP contribution < -0.4 is 15.6 Å². The van der Waals surface area contributed by atoms with Gasteiger partial charge in [0.25, 0.3) is 0 Å². The second-order valence-electron chi connectivity index (χ2n) is 6.02. The highest BCUT2D eigenvalue weighted by Crippen LogP contribution is 2.36. The van der Waals surface area contributed by atoms with Crippen molar-refractivity contribution in [2.45, 2.75) is 20.4 Å². The molecule has 1 heterocycles. The molecule has 5 heteroatoms. The standard InChI is InChI=1S/C20H20ClNO3/c1-3-22(4-2)12-16-19(24)17(21)10-15-14(11-18(23)25-20(15)16)13-8-6-5-7-9-13/h5-11,24H,3-4,12H2,1-2H3. The molecule has 0 aliphatic heterocycles. The Morgan fingerprint density at radius 2 is 1.80 bits per heavy atom. The largest absolute Gasteiger partial charge is 0.871 e. The molecule has 0 unspecified atom stereocenters. The monoisotopic (exact) mass is 357 g/mol. The summed E-state index contributed by atoms with van der Waals surface area (Å²) in [5.41, 5.74) is 1.96. The van der Waals surface area contributed by atoms with Crippen LogP contribution in [0.25, 0.3) is 22.1 Å². The van der Waals surface area contributed by atoms with Crippen LogP contribution >= 0.6 is 11.6 Å². The molecular weight excluding hydrogens is 338 g/mol. The van der Waals surface area contributed by atoms with Crippen molar-refractivity contribution in [2.75, 3.05) is 13.1 Å². The third kappa shape index (κ3) is 3.41. The van der Waals surface area contributed by atoms with Gasteiger partial charge in [-0.2, -0.15) is 0 Å². The van der Waals surface area contributed by atoms with Crippen molar-refractivity contribution in [1.29, 1.82) is 0 Å². The molecule has 0 aliphatic rings. The second-order valence-corrected chi connectivity index (χ2v) is 6.43. The second kappa shape index (κ2) is 7.30. The summed E-state index contributed by atoms with van der Waals surface area (Å²) in [6.45, 7) is 6.33. The maximum Gasteiger partial charge on any atom is 0.336 e. The average Bonchev–Trinajstić information content (AvgIpc) is 2.63. The molecule has 3 rings (SSSR count). The third-order valence-electron chi connectivity index (χ3n) is 4.55. The number of hydrogen-bond donors (Lipinski definition) is 1. The first-order valence-electron chi connectivity index (χ1n) is 8.40. The highest BCUT2D eigenvalue weighted by molar-refractivity contribution is 6.33. The van der Waals surface area contributed by atoms with E-state index in [4.69, 9.17) is 16.0 Å². The Labute approximate surface area is 151 Å². The zero-order chi connectivity index (χ0) is 18.0. The molecular formula is C20H20ClNO3. The van der Waals surface area contributed by atoms with Crippen LogP contribution in [0.2, 0.25) is 5.02 Å². The fourth-order valence-electron chi connectivity index (χ4n) is 3.08. The van der Waals surface area contributed by atoms with Gasteiger partial charge in [0.2, 0.25) is 0 Å². The Morgan fingerprint density at radius 1 is 1.12 bits per heavy atom. The molecule has 0 spiro atoms. The normalized spacial score (nSPS) is 11.4. The van der Waals surface area contributed by atoms with Crippen LogP contribution in [0, 0.1) is 0 Å². The SMILES string of the molecule is CC[NH+](CC)Cc1c([O-])c(Cl)cc2c(-c3ccccc3)cc(=O)oc12. The first kappa shape index (κ1) is 17.5. The van der Waals surface area contributed by atoms with Crippen molar-refractivity contribution < 1.29 is 14.4 Å². The molecule has 0 fully saturated rings. The van der Waals surface area contributed by atoms with Crippen molar-refractivity contribution >= 4 is 22.6 Å². The van der Waals surface area contributed by atoms with Gasteiger partial charge in [0.1, 0.15) is 12.1 Å². The van der Waals surface area contributed by atoms with Crippen molar-refractivity contribution in [2.24, 2.45) is 0 Å². The summed E-state index contributed by atoms with van der Waals surface area (Å²) < 4.78 is 5.45. The Bertz CT molecular complexity index is 947. The Balaban J connectivity index is 2.32. The molecule has 25 heavy (non-hydrogen) atoms. The molecule has 0 bridgehead atoms. The van der Waals surface area contributed by atoms with Gasteiger partial charge in [-0.1, -0.05) is 47.7 Å². The predicted molar refractivity (Wildman–Crippen MR) is 98.1 cm³/mol. The van der Waals surface area contributed by atoms with Gasteiger partial charge in [-0.3, -0.25) is 0 Å². The topological polar surface area (TPSA) is 57.7 Å². The first-order valence-corrected chi connectivity index (χ1v) is 8.78. The van der Waals surface area contributed by atoms with E-state index < -0.39 is 5.63 Å². The lowest BCUT2D eigenvalue weighted by Gasteiger charge is -2.22. The van der Waals surface area contributed by atoms with Gasteiger partial charge in [0.15, 0.2) is 0 Å². The van der Waals surface area contributed by atoms with Gasteiger partial charge in [-0.15, -0.1) is 0 Å². The lowest BCUT2D eigenvalue weighted by molar-refractivity contribution is -0.910. The van der Waals surface area contributed by atoms with Gasteiger partial charge in [-0.25, -0.2) is 4.79 Å². The molecule has 0 atom stereocenters. The van der Waals surface area contributed by atoms with Crippen molar-refractivity contribution in [3.63, 3.8) is 0 Å². The van der Waals surface area contributed by atoms with Crippen molar-refractivity contribution in [1.82, 2.24) is 0 Å². The van der Waals surface area contributed by atoms with Crippen molar-refractivity contribution in [3.05, 3.63) is 63.5 Å². The summed E-state index contributed by atoms with van der Waals surface area (Å²) in [6.07, 6.45) is 0. The molecule has 0 amide bonds. The summed E-state index contributed by atoms with van der Waals surface area (Å²) in [5.74, 6) is -0.262. The Morgan fingerprint density at radius 3 is 2.44 bits per heavy atom. The number of hydrogen-bond acceptors (Lipinski definition) is 3. The molecule has 2 aromatic carbocycles. The van der Waals surface area contributed by atoms with E-state index >= 15 is 0 Å². The molecule has 3 aromatic rings. The minimum Gasteiger partial charge on any atom is -0.871 e. The van der Waals surface area contributed by atoms with Gasteiger partial charge in [0, 0.05) is 22.0 Å². The zero-order valence-electron chi connectivity index (χ0n) is 14.3. The van der Waals surface area contributed by atoms with E-state index in [1.54, 1.807) is 6.07 Å². The number of rotatable bonds is 5.